The van der Waals surface area contributed by atoms with Crippen molar-refractivity contribution in [1.29, 1.82) is 0 Å². The minimum absolute atomic E-state index is 0.409. The molecule has 2 N–H and O–H groups in total. The van der Waals surface area contributed by atoms with Gasteiger partial charge >= 0.3 is 0 Å². The monoisotopic (exact) mass is 223 g/mol. The van der Waals surface area contributed by atoms with Gasteiger partial charge in [-0.15, -0.1) is 0 Å². The Balaban J connectivity index is 1.79. The van der Waals surface area contributed by atoms with E-state index in [9.17, 15) is 0 Å². The summed E-state index contributed by atoms with van der Waals surface area (Å²) in [4.78, 5) is 0. The fraction of sp³-hybridized carbons (Fsp3) is 0.692. The van der Waals surface area contributed by atoms with Crippen molar-refractivity contribution >= 4 is 0 Å². The summed E-state index contributed by atoms with van der Waals surface area (Å²) in [5, 5.41) is 0. The van der Waals surface area contributed by atoms with Crippen molar-refractivity contribution in [2.75, 3.05) is 0 Å². The van der Waals surface area contributed by atoms with Crippen molar-refractivity contribution in [1.82, 2.24) is 0 Å². The largest absolute Gasteiger partial charge is 0.467 e. The van der Waals surface area contributed by atoms with Gasteiger partial charge < -0.3 is 14.9 Å². The summed E-state index contributed by atoms with van der Waals surface area (Å²) in [6, 6.07) is 1.92. The standard InChI is InChI=1S/C13H21NO2/c1-10-2-4-12(5-3-10)16-9-13-11(8-14)6-7-15-13/h6-7,10,12H,2-5,8-9,14H2,1H3. The second-order valence-electron chi connectivity index (χ2n) is 4.77. The molecule has 3 heteroatoms. The highest BCUT2D eigenvalue weighted by Crippen LogP contribution is 2.26. The normalized spacial score (nSPS) is 25.9. The quantitative estimate of drug-likeness (QED) is 0.853. The van der Waals surface area contributed by atoms with Crippen molar-refractivity contribution in [3.63, 3.8) is 0 Å². The molecule has 0 amide bonds. The lowest BCUT2D eigenvalue weighted by Crippen LogP contribution is -2.20. The highest BCUT2D eigenvalue weighted by atomic mass is 16.5. The van der Waals surface area contributed by atoms with Gasteiger partial charge in [0.05, 0.1) is 12.4 Å². The molecular formula is C13H21NO2. The molecule has 1 heterocycles. The Morgan fingerprint density at radius 3 is 2.81 bits per heavy atom. The first-order valence-corrected chi connectivity index (χ1v) is 6.16. The van der Waals surface area contributed by atoms with E-state index in [-0.39, 0.29) is 0 Å². The second kappa shape index (κ2) is 5.51. The molecule has 0 aliphatic heterocycles. The van der Waals surface area contributed by atoms with Crippen molar-refractivity contribution in [2.24, 2.45) is 11.7 Å². The summed E-state index contributed by atoms with van der Waals surface area (Å²) in [6.45, 7) is 3.41. The summed E-state index contributed by atoms with van der Waals surface area (Å²) in [5.41, 5.74) is 6.67. The molecule has 1 fully saturated rings. The van der Waals surface area contributed by atoms with Crippen LogP contribution in [0.25, 0.3) is 0 Å². The molecule has 0 spiro atoms. The third-order valence-electron chi connectivity index (χ3n) is 3.47. The van der Waals surface area contributed by atoms with Gasteiger partial charge in [0.15, 0.2) is 0 Å². The molecule has 0 saturated heterocycles. The zero-order valence-corrected chi connectivity index (χ0v) is 9.95. The molecule has 1 aromatic rings. The van der Waals surface area contributed by atoms with Crippen LogP contribution in [0.2, 0.25) is 0 Å². The van der Waals surface area contributed by atoms with E-state index in [4.69, 9.17) is 14.9 Å². The van der Waals surface area contributed by atoms with Crippen LogP contribution in [0.1, 0.15) is 43.9 Å². The van der Waals surface area contributed by atoms with Gasteiger partial charge in [-0.05, 0) is 37.7 Å². The van der Waals surface area contributed by atoms with E-state index in [0.29, 0.717) is 19.3 Å². The second-order valence-corrected chi connectivity index (χ2v) is 4.77. The minimum atomic E-state index is 0.409. The Labute approximate surface area is 97.0 Å². The Bertz CT molecular complexity index is 313. The third-order valence-corrected chi connectivity index (χ3v) is 3.47. The van der Waals surface area contributed by atoms with Crippen molar-refractivity contribution in [2.45, 2.75) is 51.9 Å². The molecule has 2 rings (SSSR count). The molecule has 0 atom stereocenters. The lowest BCUT2D eigenvalue weighted by molar-refractivity contribution is 0.000892. The number of rotatable bonds is 4. The summed E-state index contributed by atoms with van der Waals surface area (Å²) >= 11 is 0. The van der Waals surface area contributed by atoms with Gasteiger partial charge in [0.25, 0.3) is 0 Å². The average Bonchev–Trinajstić information content (AvgIpc) is 2.76. The zero-order valence-electron chi connectivity index (χ0n) is 9.95. The van der Waals surface area contributed by atoms with Crippen LogP contribution < -0.4 is 5.73 Å². The average molecular weight is 223 g/mol. The van der Waals surface area contributed by atoms with Crippen molar-refractivity contribution < 1.29 is 9.15 Å². The first-order valence-electron chi connectivity index (χ1n) is 6.16. The summed E-state index contributed by atoms with van der Waals surface area (Å²) in [6.07, 6.45) is 7.02. The topological polar surface area (TPSA) is 48.4 Å². The highest BCUT2D eigenvalue weighted by molar-refractivity contribution is 5.15. The highest BCUT2D eigenvalue weighted by Gasteiger charge is 2.19. The van der Waals surface area contributed by atoms with E-state index in [1.165, 1.54) is 25.7 Å². The SMILES string of the molecule is CC1CCC(OCc2occc2CN)CC1. The lowest BCUT2D eigenvalue weighted by Gasteiger charge is -2.26. The van der Waals surface area contributed by atoms with Crippen LogP contribution in [-0.2, 0) is 17.9 Å². The van der Waals surface area contributed by atoms with E-state index in [1.54, 1.807) is 6.26 Å². The molecule has 3 nitrogen and oxygen atoms in total. The molecule has 1 aromatic heterocycles. The van der Waals surface area contributed by atoms with Gasteiger partial charge in [-0.25, -0.2) is 0 Å². The first kappa shape index (κ1) is 11.7. The maximum absolute atomic E-state index is 5.87. The number of hydrogen-bond acceptors (Lipinski definition) is 3. The van der Waals surface area contributed by atoms with Crippen LogP contribution in [0.4, 0.5) is 0 Å². The Morgan fingerprint density at radius 2 is 2.12 bits per heavy atom. The molecule has 1 aliphatic rings. The fourth-order valence-electron chi connectivity index (χ4n) is 2.27. The molecular weight excluding hydrogens is 202 g/mol. The van der Waals surface area contributed by atoms with Gasteiger partial charge in [-0.2, -0.15) is 0 Å². The fourth-order valence-corrected chi connectivity index (χ4v) is 2.27. The summed E-state index contributed by atoms with van der Waals surface area (Å²) in [5.74, 6) is 1.75. The first-order chi connectivity index (χ1) is 7.79. The molecule has 90 valence electrons. The Morgan fingerprint density at radius 1 is 1.38 bits per heavy atom. The van der Waals surface area contributed by atoms with Crippen LogP contribution in [0.3, 0.4) is 0 Å². The van der Waals surface area contributed by atoms with Gasteiger partial charge in [0, 0.05) is 12.1 Å². The maximum Gasteiger partial charge on any atom is 0.133 e. The van der Waals surface area contributed by atoms with E-state index in [2.05, 4.69) is 6.92 Å². The van der Waals surface area contributed by atoms with Gasteiger partial charge in [0.2, 0.25) is 0 Å². The maximum atomic E-state index is 5.87. The van der Waals surface area contributed by atoms with Crippen LogP contribution in [-0.4, -0.2) is 6.10 Å². The van der Waals surface area contributed by atoms with Crippen LogP contribution in [0.15, 0.2) is 16.7 Å². The Kier molecular flexibility index (Phi) is 4.02. The van der Waals surface area contributed by atoms with Gasteiger partial charge in [-0.3, -0.25) is 0 Å². The van der Waals surface area contributed by atoms with E-state index in [1.807, 2.05) is 6.07 Å². The predicted molar refractivity (Wildman–Crippen MR) is 62.8 cm³/mol. The van der Waals surface area contributed by atoms with Crippen molar-refractivity contribution in [3.05, 3.63) is 23.7 Å². The van der Waals surface area contributed by atoms with E-state index >= 15 is 0 Å². The summed E-state index contributed by atoms with van der Waals surface area (Å²) in [7, 11) is 0. The third kappa shape index (κ3) is 2.86. The van der Waals surface area contributed by atoms with Crippen LogP contribution in [0, 0.1) is 5.92 Å². The molecule has 1 aliphatic carbocycles. The zero-order chi connectivity index (χ0) is 11.4. The molecule has 16 heavy (non-hydrogen) atoms. The Hall–Kier alpha value is -0.800. The number of ether oxygens (including phenoxy) is 1. The smallest absolute Gasteiger partial charge is 0.133 e. The lowest BCUT2D eigenvalue weighted by atomic mass is 9.89. The molecule has 0 bridgehead atoms. The molecule has 1 saturated carbocycles. The van der Waals surface area contributed by atoms with E-state index in [0.717, 1.165) is 17.2 Å². The van der Waals surface area contributed by atoms with Gasteiger partial charge in [0.1, 0.15) is 12.4 Å². The summed E-state index contributed by atoms with van der Waals surface area (Å²) < 4.78 is 11.2. The molecule has 0 radical (unpaired) electrons. The van der Waals surface area contributed by atoms with Crippen molar-refractivity contribution in [3.8, 4) is 0 Å². The van der Waals surface area contributed by atoms with E-state index < -0.39 is 0 Å². The number of furan rings is 1. The number of nitrogens with two attached hydrogens (primary N) is 1. The number of hydrogen-bond donors (Lipinski definition) is 1. The minimum Gasteiger partial charge on any atom is -0.467 e. The molecule has 0 aromatic carbocycles. The van der Waals surface area contributed by atoms with Crippen LogP contribution in [0.5, 0.6) is 0 Å². The van der Waals surface area contributed by atoms with Gasteiger partial charge in [-0.1, -0.05) is 6.92 Å². The van der Waals surface area contributed by atoms with Crippen LogP contribution >= 0.6 is 0 Å². The molecule has 0 unspecified atom stereocenters. The predicted octanol–water partition coefficient (Wildman–Crippen LogP) is 2.83.